The van der Waals surface area contributed by atoms with E-state index in [0.29, 0.717) is 12.8 Å². The number of aryl methyl sites for hydroxylation is 2. The Labute approximate surface area is 148 Å². The number of nitrogens with zero attached hydrogens (tertiary/aromatic N) is 3. The molecule has 1 N–H and O–H groups in total. The average Bonchev–Trinajstić information content (AvgIpc) is 2.97. The molecule has 3 rings (SSSR count). The van der Waals surface area contributed by atoms with Crippen LogP contribution in [0.5, 0.6) is 0 Å². The van der Waals surface area contributed by atoms with Crippen LogP contribution in [0.15, 0.2) is 24.3 Å². The van der Waals surface area contributed by atoms with Crippen molar-refractivity contribution < 1.29 is 4.79 Å². The Morgan fingerprint density at radius 2 is 2.00 bits per heavy atom. The van der Waals surface area contributed by atoms with Gasteiger partial charge < -0.3 is 5.32 Å². The second-order valence-electron chi connectivity index (χ2n) is 6.57. The van der Waals surface area contributed by atoms with Gasteiger partial charge in [0, 0.05) is 29.7 Å². The predicted molar refractivity (Wildman–Crippen MR) is 101 cm³/mol. The Bertz CT molecular complexity index is 897. The highest BCUT2D eigenvalue weighted by molar-refractivity contribution is 5.92. The van der Waals surface area contributed by atoms with Gasteiger partial charge in [-0.3, -0.25) is 4.79 Å². The van der Waals surface area contributed by atoms with Gasteiger partial charge in [0.05, 0.1) is 5.52 Å². The van der Waals surface area contributed by atoms with E-state index in [0.717, 1.165) is 59.3 Å². The SMILES string of the molecule is CCCCCNC(=O)CCc1c(C)nc2c3ccccc3nn2c1C. The first kappa shape index (κ1) is 17.4. The lowest BCUT2D eigenvalue weighted by Crippen LogP contribution is -2.25. The molecule has 5 nitrogen and oxygen atoms in total. The molecule has 0 saturated carbocycles. The molecule has 0 radical (unpaired) electrons. The first-order chi connectivity index (χ1) is 12.1. The van der Waals surface area contributed by atoms with Crippen molar-refractivity contribution in [3.05, 3.63) is 41.2 Å². The van der Waals surface area contributed by atoms with Gasteiger partial charge in [-0.1, -0.05) is 31.9 Å². The second-order valence-corrected chi connectivity index (χ2v) is 6.57. The lowest BCUT2D eigenvalue weighted by atomic mass is 10.1. The molecule has 25 heavy (non-hydrogen) atoms. The van der Waals surface area contributed by atoms with Gasteiger partial charge in [-0.05, 0) is 44.4 Å². The minimum Gasteiger partial charge on any atom is -0.356 e. The Morgan fingerprint density at radius 3 is 2.80 bits per heavy atom. The molecule has 0 bridgehead atoms. The van der Waals surface area contributed by atoms with E-state index in [9.17, 15) is 4.79 Å². The summed E-state index contributed by atoms with van der Waals surface area (Å²) in [5, 5.41) is 8.73. The van der Waals surface area contributed by atoms with Crippen molar-refractivity contribution in [1.82, 2.24) is 19.9 Å². The monoisotopic (exact) mass is 338 g/mol. The zero-order valence-electron chi connectivity index (χ0n) is 15.3. The fourth-order valence-electron chi connectivity index (χ4n) is 3.27. The molecule has 5 heteroatoms. The van der Waals surface area contributed by atoms with Crippen LogP contribution in [0, 0.1) is 13.8 Å². The minimum atomic E-state index is 0.112. The maximum Gasteiger partial charge on any atom is 0.220 e. The Balaban J connectivity index is 1.78. The molecule has 0 aliphatic heterocycles. The summed E-state index contributed by atoms with van der Waals surface area (Å²) in [5.41, 5.74) is 5.00. The van der Waals surface area contributed by atoms with Crippen LogP contribution in [0.4, 0.5) is 0 Å². The van der Waals surface area contributed by atoms with Gasteiger partial charge in [0.2, 0.25) is 5.91 Å². The van der Waals surface area contributed by atoms with E-state index < -0.39 is 0 Å². The molecule has 0 spiro atoms. The fourth-order valence-corrected chi connectivity index (χ4v) is 3.27. The molecular weight excluding hydrogens is 312 g/mol. The lowest BCUT2D eigenvalue weighted by Gasteiger charge is -2.11. The number of amides is 1. The van der Waals surface area contributed by atoms with Crippen LogP contribution < -0.4 is 5.32 Å². The summed E-state index contributed by atoms with van der Waals surface area (Å²) < 4.78 is 1.91. The molecule has 0 aliphatic rings. The van der Waals surface area contributed by atoms with E-state index in [4.69, 9.17) is 4.98 Å². The highest BCUT2D eigenvalue weighted by Crippen LogP contribution is 2.22. The quantitative estimate of drug-likeness (QED) is 0.668. The molecule has 0 fully saturated rings. The van der Waals surface area contributed by atoms with Crippen molar-refractivity contribution in [1.29, 1.82) is 0 Å². The molecule has 0 atom stereocenters. The van der Waals surface area contributed by atoms with E-state index in [1.165, 1.54) is 0 Å². The van der Waals surface area contributed by atoms with Crippen molar-refractivity contribution in [3.8, 4) is 0 Å². The molecular formula is C20H26N4O. The third-order valence-electron chi connectivity index (χ3n) is 4.72. The van der Waals surface area contributed by atoms with Crippen LogP contribution in [-0.2, 0) is 11.2 Å². The molecule has 1 aromatic carbocycles. The lowest BCUT2D eigenvalue weighted by molar-refractivity contribution is -0.121. The predicted octanol–water partition coefficient (Wildman–Crippen LogP) is 3.74. The van der Waals surface area contributed by atoms with Crippen LogP contribution in [-0.4, -0.2) is 27.0 Å². The zero-order chi connectivity index (χ0) is 17.8. The van der Waals surface area contributed by atoms with Crippen LogP contribution >= 0.6 is 0 Å². The standard InChI is InChI=1S/C20H26N4O/c1-4-5-8-13-21-19(25)12-11-16-14(2)22-20-17-9-6-7-10-18(17)23-24(20)15(16)3/h6-7,9-10H,4-5,8,11-13H2,1-3H3,(H,21,25). The molecule has 1 amide bonds. The molecule has 2 aromatic heterocycles. The topological polar surface area (TPSA) is 59.3 Å². The summed E-state index contributed by atoms with van der Waals surface area (Å²) in [5.74, 6) is 0.112. The highest BCUT2D eigenvalue weighted by atomic mass is 16.1. The van der Waals surface area contributed by atoms with E-state index in [1.807, 2.05) is 35.7 Å². The van der Waals surface area contributed by atoms with Gasteiger partial charge in [-0.2, -0.15) is 5.10 Å². The highest BCUT2D eigenvalue weighted by Gasteiger charge is 2.14. The summed E-state index contributed by atoms with van der Waals surface area (Å²) in [4.78, 5) is 16.8. The maximum absolute atomic E-state index is 12.1. The Kier molecular flexibility index (Phi) is 5.31. The van der Waals surface area contributed by atoms with E-state index in [2.05, 4.69) is 24.3 Å². The largest absolute Gasteiger partial charge is 0.356 e. The summed E-state index contributed by atoms with van der Waals surface area (Å²) in [7, 11) is 0. The molecule has 0 aliphatic carbocycles. The smallest absolute Gasteiger partial charge is 0.220 e. The Hall–Kier alpha value is -2.43. The first-order valence-corrected chi connectivity index (χ1v) is 9.12. The summed E-state index contributed by atoms with van der Waals surface area (Å²) in [6.07, 6.45) is 4.55. The van der Waals surface area contributed by atoms with Crippen molar-refractivity contribution >= 4 is 22.5 Å². The number of hydrogen-bond acceptors (Lipinski definition) is 3. The minimum absolute atomic E-state index is 0.112. The normalized spacial score (nSPS) is 11.3. The van der Waals surface area contributed by atoms with Crippen LogP contribution in [0.1, 0.15) is 49.6 Å². The zero-order valence-corrected chi connectivity index (χ0v) is 15.3. The van der Waals surface area contributed by atoms with Gasteiger partial charge in [0.15, 0.2) is 5.65 Å². The summed E-state index contributed by atoms with van der Waals surface area (Å²) in [6.45, 7) is 7.01. The third kappa shape index (κ3) is 3.65. The molecule has 0 saturated heterocycles. The van der Waals surface area contributed by atoms with E-state index >= 15 is 0 Å². The molecule has 0 unspecified atom stereocenters. The number of nitrogens with one attached hydrogen (secondary N) is 1. The maximum atomic E-state index is 12.1. The van der Waals surface area contributed by atoms with Crippen molar-refractivity contribution in [2.24, 2.45) is 0 Å². The number of hydrogen-bond donors (Lipinski definition) is 1. The second kappa shape index (κ2) is 7.64. The van der Waals surface area contributed by atoms with Gasteiger partial charge in [0.1, 0.15) is 0 Å². The number of unbranched alkanes of at least 4 members (excludes halogenated alkanes) is 2. The van der Waals surface area contributed by atoms with Gasteiger partial charge in [-0.15, -0.1) is 0 Å². The number of fused-ring (bicyclic) bond motifs is 3. The first-order valence-electron chi connectivity index (χ1n) is 9.12. The third-order valence-corrected chi connectivity index (χ3v) is 4.72. The number of benzene rings is 1. The summed E-state index contributed by atoms with van der Waals surface area (Å²) >= 11 is 0. The fraction of sp³-hybridized carbons (Fsp3) is 0.450. The van der Waals surface area contributed by atoms with Crippen LogP contribution in [0.2, 0.25) is 0 Å². The van der Waals surface area contributed by atoms with Crippen LogP contribution in [0.25, 0.3) is 16.6 Å². The number of carbonyl (C=O) groups excluding carboxylic acids is 1. The molecule has 2 heterocycles. The van der Waals surface area contributed by atoms with Gasteiger partial charge in [-0.25, -0.2) is 9.50 Å². The average molecular weight is 338 g/mol. The molecule has 3 aromatic rings. The Morgan fingerprint density at radius 1 is 1.20 bits per heavy atom. The van der Waals surface area contributed by atoms with Gasteiger partial charge >= 0.3 is 0 Å². The van der Waals surface area contributed by atoms with Crippen LogP contribution in [0.3, 0.4) is 0 Å². The van der Waals surface area contributed by atoms with Gasteiger partial charge in [0.25, 0.3) is 0 Å². The van der Waals surface area contributed by atoms with Crippen molar-refractivity contribution in [2.45, 2.75) is 52.9 Å². The number of carbonyl (C=O) groups is 1. The number of aromatic nitrogens is 3. The van der Waals surface area contributed by atoms with Crippen molar-refractivity contribution in [2.75, 3.05) is 6.54 Å². The molecule has 132 valence electrons. The van der Waals surface area contributed by atoms with E-state index in [1.54, 1.807) is 0 Å². The van der Waals surface area contributed by atoms with E-state index in [-0.39, 0.29) is 5.91 Å². The summed E-state index contributed by atoms with van der Waals surface area (Å²) in [6, 6.07) is 8.04. The van der Waals surface area contributed by atoms with Crippen molar-refractivity contribution in [3.63, 3.8) is 0 Å². The number of rotatable bonds is 7.